The van der Waals surface area contributed by atoms with Crippen LogP contribution in [-0.2, 0) is 29.1 Å². The minimum atomic E-state index is 0.217. The van der Waals surface area contributed by atoms with Crippen LogP contribution in [0.5, 0.6) is 0 Å². The first-order valence-electron chi connectivity index (χ1n) is 8.70. The van der Waals surface area contributed by atoms with E-state index in [0.717, 1.165) is 43.5 Å². The van der Waals surface area contributed by atoms with Crippen LogP contribution in [0.4, 0.5) is 5.69 Å². The van der Waals surface area contributed by atoms with E-state index in [0.29, 0.717) is 19.4 Å². The Labute approximate surface area is 163 Å². The van der Waals surface area contributed by atoms with E-state index >= 15 is 0 Å². The number of aromatic nitrogens is 1. The van der Waals surface area contributed by atoms with Crippen molar-refractivity contribution in [3.63, 3.8) is 0 Å². The maximum absolute atomic E-state index is 10.7. The number of carbonyl (C=O) groups is 1. The summed E-state index contributed by atoms with van der Waals surface area (Å²) < 4.78 is 5.00. The monoisotopic (exact) mass is 381 g/mol. The second-order valence-electron chi connectivity index (χ2n) is 6.50. The van der Waals surface area contributed by atoms with Crippen molar-refractivity contribution >= 4 is 23.5 Å². The zero-order chi connectivity index (χ0) is 19.4. The summed E-state index contributed by atoms with van der Waals surface area (Å²) in [6, 6.07) is 12.1. The molecule has 0 fully saturated rings. The molecule has 2 aromatic carbocycles. The number of nitrogen functional groups attached to an aromatic ring is 1. The van der Waals surface area contributed by atoms with Crippen molar-refractivity contribution in [3.8, 4) is 11.3 Å². The number of benzene rings is 2. The molecular formula is C21H23N3O2S. The molecular weight excluding hydrogens is 358 g/mol. The van der Waals surface area contributed by atoms with Gasteiger partial charge in [-0.3, -0.25) is 4.79 Å². The Morgan fingerprint density at radius 3 is 2.56 bits per heavy atom. The normalized spacial score (nSPS) is 10.8. The summed E-state index contributed by atoms with van der Waals surface area (Å²) in [4.78, 5) is 16.4. The molecule has 0 radical (unpaired) electrons. The molecule has 0 saturated carbocycles. The number of aryl methyl sites for hydroxylation is 2. The van der Waals surface area contributed by atoms with Gasteiger partial charge in [0.15, 0.2) is 0 Å². The third-order valence-electron chi connectivity index (χ3n) is 4.55. The van der Waals surface area contributed by atoms with Crippen LogP contribution in [0.2, 0.25) is 0 Å². The number of anilines is 1. The van der Waals surface area contributed by atoms with Gasteiger partial charge in [-0.2, -0.15) is 0 Å². The molecule has 27 heavy (non-hydrogen) atoms. The molecule has 3 aromatic rings. The summed E-state index contributed by atoms with van der Waals surface area (Å²) in [5.41, 5.74) is 18.8. The number of thiazole rings is 1. The van der Waals surface area contributed by atoms with E-state index < -0.39 is 0 Å². The topological polar surface area (TPSA) is 91.2 Å². The maximum atomic E-state index is 10.7. The van der Waals surface area contributed by atoms with Crippen molar-refractivity contribution in [1.82, 2.24) is 4.98 Å². The van der Waals surface area contributed by atoms with E-state index in [-0.39, 0.29) is 6.61 Å². The molecule has 0 unspecified atom stereocenters. The van der Waals surface area contributed by atoms with Crippen LogP contribution in [0, 0.1) is 13.8 Å². The lowest BCUT2D eigenvalue weighted by molar-refractivity contribution is -0.129. The van der Waals surface area contributed by atoms with Gasteiger partial charge >= 0.3 is 0 Å². The quantitative estimate of drug-likeness (QED) is 0.481. The third-order valence-corrected chi connectivity index (χ3v) is 5.58. The minimum absolute atomic E-state index is 0.217. The number of hydrogen-bond acceptors (Lipinski definition) is 6. The Kier molecular flexibility index (Phi) is 5.88. The van der Waals surface area contributed by atoms with Gasteiger partial charge in [-0.15, -0.1) is 11.3 Å². The van der Waals surface area contributed by atoms with Gasteiger partial charge in [0.2, 0.25) is 0 Å². The molecule has 140 valence electrons. The minimum Gasteiger partial charge on any atom is -0.462 e. The van der Waals surface area contributed by atoms with Gasteiger partial charge in [-0.25, -0.2) is 4.98 Å². The van der Waals surface area contributed by atoms with E-state index in [2.05, 4.69) is 13.0 Å². The van der Waals surface area contributed by atoms with Crippen LogP contribution >= 0.6 is 11.3 Å². The van der Waals surface area contributed by atoms with Crippen molar-refractivity contribution in [2.75, 3.05) is 5.73 Å². The molecule has 0 aliphatic heterocycles. The molecule has 1 aromatic heterocycles. The predicted octanol–water partition coefficient (Wildman–Crippen LogP) is 3.73. The third kappa shape index (κ3) is 4.35. The second-order valence-corrected chi connectivity index (χ2v) is 7.67. The summed E-state index contributed by atoms with van der Waals surface area (Å²) in [7, 11) is 0. The summed E-state index contributed by atoms with van der Waals surface area (Å²) in [5, 5.41) is 0.977. The van der Waals surface area contributed by atoms with Crippen LogP contribution < -0.4 is 11.5 Å². The van der Waals surface area contributed by atoms with Crippen LogP contribution in [0.1, 0.15) is 32.1 Å². The maximum Gasteiger partial charge on any atom is 0.293 e. The van der Waals surface area contributed by atoms with Gasteiger partial charge in [-0.05, 0) is 42.2 Å². The van der Waals surface area contributed by atoms with Gasteiger partial charge in [-0.1, -0.05) is 30.3 Å². The molecule has 6 heteroatoms. The zero-order valence-corrected chi connectivity index (χ0v) is 16.3. The molecule has 0 spiro atoms. The van der Waals surface area contributed by atoms with E-state index in [1.807, 2.05) is 37.3 Å². The molecule has 4 N–H and O–H groups in total. The Bertz CT molecular complexity index is 949. The Balaban J connectivity index is 1.95. The fourth-order valence-electron chi connectivity index (χ4n) is 2.96. The van der Waals surface area contributed by atoms with Gasteiger partial charge < -0.3 is 16.2 Å². The molecule has 5 nitrogen and oxygen atoms in total. The molecule has 0 bridgehead atoms. The molecule has 0 atom stereocenters. The Morgan fingerprint density at radius 1 is 1.15 bits per heavy atom. The van der Waals surface area contributed by atoms with E-state index in [9.17, 15) is 4.79 Å². The first-order valence-corrected chi connectivity index (χ1v) is 9.52. The summed E-state index contributed by atoms with van der Waals surface area (Å²) in [6.45, 7) is 5.25. The highest BCUT2D eigenvalue weighted by Crippen LogP contribution is 2.31. The van der Waals surface area contributed by atoms with Crippen LogP contribution in [0.15, 0.2) is 36.4 Å². The Morgan fingerprint density at radius 2 is 1.89 bits per heavy atom. The number of carbonyl (C=O) groups excluding carboxylic acids is 1. The van der Waals surface area contributed by atoms with Gasteiger partial charge in [0.25, 0.3) is 6.47 Å². The zero-order valence-electron chi connectivity index (χ0n) is 15.5. The van der Waals surface area contributed by atoms with Crippen molar-refractivity contribution < 1.29 is 9.53 Å². The van der Waals surface area contributed by atoms with E-state index in [1.165, 1.54) is 5.56 Å². The number of hydrogen-bond donors (Lipinski definition) is 2. The average Bonchev–Trinajstić information content (AvgIpc) is 3.07. The van der Waals surface area contributed by atoms with Gasteiger partial charge in [0.05, 0.1) is 15.6 Å². The number of nitrogens with two attached hydrogens (primary N) is 2. The standard InChI is InChI=1S/C21H23N3O2S/c1-13-8-18(23)14(2)7-17(13)9-20-24-21(19(27-20)11-26-12-25)16-5-3-15(10-22)4-6-16/h3-8,12H,9-11,22-23H2,1-2H3. The molecule has 3 rings (SSSR count). The van der Waals surface area contributed by atoms with Crippen LogP contribution in [-0.4, -0.2) is 11.5 Å². The van der Waals surface area contributed by atoms with Crippen LogP contribution in [0.3, 0.4) is 0 Å². The molecule has 1 heterocycles. The lowest BCUT2D eigenvalue weighted by Gasteiger charge is -2.08. The first kappa shape index (κ1) is 19.1. The van der Waals surface area contributed by atoms with Crippen molar-refractivity contribution in [3.05, 3.63) is 68.5 Å². The second kappa shape index (κ2) is 8.33. The lowest BCUT2D eigenvalue weighted by Crippen LogP contribution is -1.97. The number of rotatable bonds is 7. The highest BCUT2D eigenvalue weighted by atomic mass is 32.1. The number of nitrogens with zero attached hydrogens (tertiary/aromatic N) is 1. The summed E-state index contributed by atoms with van der Waals surface area (Å²) in [5.74, 6) is 0. The van der Waals surface area contributed by atoms with E-state index in [1.54, 1.807) is 11.3 Å². The highest BCUT2D eigenvalue weighted by Gasteiger charge is 2.15. The van der Waals surface area contributed by atoms with Gasteiger partial charge in [0, 0.05) is 24.2 Å². The van der Waals surface area contributed by atoms with Gasteiger partial charge in [0.1, 0.15) is 6.61 Å². The van der Waals surface area contributed by atoms with Crippen molar-refractivity contribution in [2.45, 2.75) is 33.4 Å². The SMILES string of the molecule is Cc1cc(Cc2nc(-c3ccc(CN)cc3)c(COC=O)s2)c(C)cc1N. The molecule has 0 aliphatic carbocycles. The van der Waals surface area contributed by atoms with Crippen LogP contribution in [0.25, 0.3) is 11.3 Å². The first-order chi connectivity index (χ1) is 13.0. The smallest absolute Gasteiger partial charge is 0.293 e. The predicted molar refractivity (Wildman–Crippen MR) is 109 cm³/mol. The fourth-order valence-corrected chi connectivity index (χ4v) is 4.00. The highest BCUT2D eigenvalue weighted by molar-refractivity contribution is 7.12. The average molecular weight is 382 g/mol. The summed E-state index contributed by atoms with van der Waals surface area (Å²) >= 11 is 1.57. The largest absolute Gasteiger partial charge is 0.462 e. The molecule has 0 amide bonds. The van der Waals surface area contributed by atoms with Crippen molar-refractivity contribution in [2.24, 2.45) is 5.73 Å². The molecule has 0 saturated heterocycles. The lowest BCUT2D eigenvalue weighted by atomic mass is 10.0. The fraction of sp³-hybridized carbons (Fsp3) is 0.238. The van der Waals surface area contributed by atoms with Crippen molar-refractivity contribution in [1.29, 1.82) is 0 Å². The summed E-state index contributed by atoms with van der Waals surface area (Å²) in [6.07, 6.45) is 0.715. The Hall–Kier alpha value is -2.70. The van der Waals surface area contributed by atoms with E-state index in [4.69, 9.17) is 21.2 Å². The number of ether oxygens (including phenoxy) is 1. The molecule has 0 aliphatic rings.